The van der Waals surface area contributed by atoms with E-state index in [1.165, 1.54) is 12.3 Å². The topological polar surface area (TPSA) is 117 Å². The van der Waals surface area contributed by atoms with E-state index in [0.717, 1.165) is 22.5 Å². The Kier molecular flexibility index (Phi) is 7.18. The van der Waals surface area contributed by atoms with Crippen LogP contribution in [0.25, 0.3) is 0 Å². The molecule has 0 atom stereocenters. The molecule has 0 aliphatic rings. The van der Waals surface area contributed by atoms with Crippen LogP contribution in [0.1, 0.15) is 11.1 Å². The van der Waals surface area contributed by atoms with Crippen molar-refractivity contribution in [3.63, 3.8) is 0 Å². The number of aliphatic imine (C=N–C) groups is 1. The number of nitrogens with two attached hydrogens (primary N) is 1. The van der Waals surface area contributed by atoms with Gasteiger partial charge in [0.1, 0.15) is 10.9 Å². The van der Waals surface area contributed by atoms with Gasteiger partial charge in [0.15, 0.2) is 5.82 Å². The van der Waals surface area contributed by atoms with E-state index in [4.69, 9.17) is 17.3 Å². The number of nitrogens with one attached hydrogen (secondary N) is 3. The number of hydrogen-bond donors (Lipinski definition) is 4. The Bertz CT molecular complexity index is 1130. The molecule has 0 aliphatic heterocycles. The molecule has 1 amide bonds. The van der Waals surface area contributed by atoms with Crippen LogP contribution in [0.3, 0.4) is 0 Å². The molecule has 0 radical (unpaired) electrons. The Labute approximate surface area is 185 Å². The smallest absolute Gasteiger partial charge is 0.243 e. The number of para-hydroxylation sites is 1. The summed E-state index contributed by atoms with van der Waals surface area (Å²) in [4.78, 5) is 24.1. The number of carbonyl (C=O) groups is 1. The van der Waals surface area contributed by atoms with E-state index in [-0.39, 0.29) is 5.91 Å². The molecule has 2 aromatic carbocycles. The molecule has 158 valence electrons. The van der Waals surface area contributed by atoms with Gasteiger partial charge in [-0.1, -0.05) is 42.4 Å². The molecule has 1 aromatic heterocycles. The van der Waals surface area contributed by atoms with Crippen molar-refractivity contribution in [2.45, 2.75) is 6.54 Å². The molecular weight excluding hydrogens is 414 g/mol. The lowest BCUT2D eigenvalue weighted by Gasteiger charge is -2.13. The number of hydrogen-bond acceptors (Lipinski definition) is 6. The van der Waals surface area contributed by atoms with Gasteiger partial charge in [0.25, 0.3) is 0 Å². The first kappa shape index (κ1) is 21.8. The predicted octanol–water partition coefficient (Wildman–Crippen LogP) is 3.75. The quantitative estimate of drug-likeness (QED) is 0.243. The number of aromatic nitrogens is 2. The van der Waals surface area contributed by atoms with Gasteiger partial charge in [0.2, 0.25) is 11.9 Å². The summed E-state index contributed by atoms with van der Waals surface area (Å²) in [6.07, 6.45) is 2.74. The Morgan fingerprint density at radius 2 is 2.03 bits per heavy atom. The highest BCUT2D eigenvalue weighted by Crippen LogP contribution is 2.27. The van der Waals surface area contributed by atoms with Crippen LogP contribution in [-0.2, 0) is 11.3 Å². The van der Waals surface area contributed by atoms with Crippen molar-refractivity contribution in [2.75, 3.05) is 17.7 Å². The van der Waals surface area contributed by atoms with Crippen molar-refractivity contribution in [3.8, 4) is 0 Å². The van der Waals surface area contributed by atoms with Crippen LogP contribution in [0.2, 0.25) is 5.02 Å². The van der Waals surface area contributed by atoms with Crippen LogP contribution < -0.4 is 21.7 Å². The molecule has 8 nitrogen and oxygen atoms in total. The summed E-state index contributed by atoms with van der Waals surface area (Å²) in [7, 11) is 1.63. The lowest BCUT2D eigenvalue weighted by atomic mass is 10.1. The number of nitrogens with zero attached hydrogens (tertiary/aromatic N) is 3. The first-order chi connectivity index (χ1) is 15.0. The highest BCUT2D eigenvalue weighted by molar-refractivity contribution is 6.33. The predicted molar refractivity (Wildman–Crippen MR) is 125 cm³/mol. The summed E-state index contributed by atoms with van der Waals surface area (Å²) >= 11 is 6.30. The molecule has 0 bridgehead atoms. The molecule has 3 rings (SSSR count). The zero-order chi connectivity index (χ0) is 22.2. The second-order valence-corrected chi connectivity index (χ2v) is 6.82. The van der Waals surface area contributed by atoms with Gasteiger partial charge in [-0.2, -0.15) is 4.98 Å². The minimum Gasteiger partial charge on any atom is -0.383 e. The van der Waals surface area contributed by atoms with E-state index in [1.54, 1.807) is 7.05 Å². The van der Waals surface area contributed by atoms with Crippen LogP contribution in [-0.4, -0.2) is 28.8 Å². The molecule has 0 fully saturated rings. The summed E-state index contributed by atoms with van der Waals surface area (Å²) < 4.78 is 0. The van der Waals surface area contributed by atoms with Crippen molar-refractivity contribution in [1.29, 1.82) is 0 Å². The van der Waals surface area contributed by atoms with Crippen LogP contribution in [0.15, 0.2) is 72.4 Å². The molecule has 9 heteroatoms. The Morgan fingerprint density at radius 3 is 2.81 bits per heavy atom. The van der Waals surface area contributed by atoms with E-state index in [2.05, 4.69) is 37.5 Å². The number of benzene rings is 2. The summed E-state index contributed by atoms with van der Waals surface area (Å²) in [5.41, 5.74) is 9.12. The number of rotatable bonds is 8. The molecule has 1 heterocycles. The SMILES string of the molecule is C=CC(=O)NCc1cccc(Nc2ncc(Cl)c(Nc3ccccc3C(N)=NC)n2)c1. The van der Waals surface area contributed by atoms with Crippen molar-refractivity contribution >= 4 is 46.5 Å². The molecule has 0 aliphatic carbocycles. The van der Waals surface area contributed by atoms with Crippen LogP contribution in [0, 0.1) is 0 Å². The summed E-state index contributed by atoms with van der Waals surface area (Å²) in [5, 5.41) is 9.43. The molecule has 5 N–H and O–H groups in total. The molecule has 0 saturated heterocycles. The van der Waals surface area contributed by atoms with Crippen molar-refractivity contribution < 1.29 is 4.79 Å². The van der Waals surface area contributed by atoms with Gasteiger partial charge in [-0.25, -0.2) is 4.98 Å². The first-order valence-corrected chi connectivity index (χ1v) is 9.75. The molecule has 0 saturated carbocycles. The normalized spacial score (nSPS) is 11.0. The Hall–Kier alpha value is -3.91. The Morgan fingerprint density at radius 1 is 1.23 bits per heavy atom. The summed E-state index contributed by atoms with van der Waals surface area (Å²) in [5.74, 6) is 0.940. The highest BCUT2D eigenvalue weighted by atomic mass is 35.5. The van der Waals surface area contributed by atoms with Crippen molar-refractivity contribution in [2.24, 2.45) is 10.7 Å². The molecule has 31 heavy (non-hydrogen) atoms. The average Bonchev–Trinajstić information content (AvgIpc) is 2.79. The van der Waals surface area contributed by atoms with E-state index in [0.29, 0.717) is 29.2 Å². The maximum Gasteiger partial charge on any atom is 0.243 e. The van der Waals surface area contributed by atoms with Crippen LogP contribution >= 0.6 is 11.6 Å². The lowest BCUT2D eigenvalue weighted by Crippen LogP contribution is -2.19. The number of halogens is 1. The monoisotopic (exact) mass is 435 g/mol. The average molecular weight is 436 g/mol. The van der Waals surface area contributed by atoms with Crippen molar-refractivity contribution in [1.82, 2.24) is 15.3 Å². The fourth-order valence-electron chi connectivity index (χ4n) is 2.73. The van der Waals surface area contributed by atoms with Gasteiger partial charge in [0, 0.05) is 24.8 Å². The number of anilines is 4. The van der Waals surface area contributed by atoms with E-state index < -0.39 is 0 Å². The molecule has 0 unspecified atom stereocenters. The third kappa shape index (κ3) is 5.80. The maximum absolute atomic E-state index is 11.4. The van der Waals surface area contributed by atoms with Gasteiger partial charge in [0.05, 0.1) is 11.9 Å². The highest BCUT2D eigenvalue weighted by Gasteiger charge is 2.11. The van der Waals surface area contributed by atoms with Crippen molar-refractivity contribution in [3.05, 3.63) is 83.5 Å². The maximum atomic E-state index is 11.4. The largest absolute Gasteiger partial charge is 0.383 e. The number of carbonyl (C=O) groups excluding carboxylic acids is 1. The third-order valence-electron chi connectivity index (χ3n) is 4.28. The number of amides is 1. The zero-order valence-electron chi connectivity index (χ0n) is 16.9. The molecule has 3 aromatic rings. The minimum atomic E-state index is -0.232. The second kappa shape index (κ2) is 10.2. The third-order valence-corrected chi connectivity index (χ3v) is 4.55. The second-order valence-electron chi connectivity index (χ2n) is 6.42. The zero-order valence-corrected chi connectivity index (χ0v) is 17.6. The van der Waals surface area contributed by atoms with Crippen LogP contribution in [0.4, 0.5) is 23.1 Å². The van der Waals surface area contributed by atoms with E-state index >= 15 is 0 Å². The van der Waals surface area contributed by atoms with Gasteiger partial charge in [-0.15, -0.1) is 0 Å². The first-order valence-electron chi connectivity index (χ1n) is 9.37. The molecule has 0 spiro atoms. The standard InChI is InChI=1S/C22H22ClN7O/c1-3-19(31)26-12-14-7-6-8-15(11-14)28-22-27-13-17(23)21(30-22)29-18-10-5-4-9-16(18)20(24)25-2/h3-11,13H,1,12H2,2H3,(H2,24,25)(H,26,31)(H2,27,28,29,30). The minimum absolute atomic E-state index is 0.232. The summed E-state index contributed by atoms with van der Waals surface area (Å²) in [6, 6.07) is 15.0. The van der Waals surface area contributed by atoms with Gasteiger partial charge in [-0.05, 0) is 35.9 Å². The lowest BCUT2D eigenvalue weighted by molar-refractivity contribution is -0.116. The fraction of sp³-hybridized carbons (Fsp3) is 0.0909. The van der Waals surface area contributed by atoms with Crippen LogP contribution in [0.5, 0.6) is 0 Å². The fourth-order valence-corrected chi connectivity index (χ4v) is 2.87. The Balaban J connectivity index is 1.80. The van der Waals surface area contributed by atoms with Gasteiger partial charge < -0.3 is 21.7 Å². The number of amidine groups is 1. The van der Waals surface area contributed by atoms with Gasteiger partial charge >= 0.3 is 0 Å². The van der Waals surface area contributed by atoms with E-state index in [1.807, 2.05) is 48.5 Å². The summed E-state index contributed by atoms with van der Waals surface area (Å²) in [6.45, 7) is 3.82. The van der Waals surface area contributed by atoms with E-state index in [9.17, 15) is 4.79 Å². The molecular formula is C22H22ClN7O. The van der Waals surface area contributed by atoms with Gasteiger partial charge in [-0.3, -0.25) is 9.79 Å².